The highest BCUT2D eigenvalue weighted by molar-refractivity contribution is 5.73. The van der Waals surface area contributed by atoms with Crippen LogP contribution in [0, 0.1) is 0 Å². The van der Waals surface area contributed by atoms with Crippen LogP contribution in [-0.4, -0.2) is 22.2 Å². The van der Waals surface area contributed by atoms with Crippen LogP contribution in [0.1, 0.15) is 17.5 Å². The normalized spacial score (nSPS) is 10.3. The van der Waals surface area contributed by atoms with Crippen molar-refractivity contribution in [3.05, 3.63) is 59.7 Å². The number of hydrogen-bond acceptors (Lipinski definition) is 2. The van der Waals surface area contributed by atoms with Crippen molar-refractivity contribution in [3.63, 3.8) is 0 Å². The van der Waals surface area contributed by atoms with Crippen LogP contribution >= 0.6 is 0 Å². The molecule has 0 aliphatic rings. The minimum atomic E-state index is -0.897. The van der Waals surface area contributed by atoms with Crippen LogP contribution in [-0.2, 0) is 22.4 Å². The highest BCUT2D eigenvalue weighted by Crippen LogP contribution is 2.26. The van der Waals surface area contributed by atoms with E-state index in [9.17, 15) is 9.59 Å². The summed E-state index contributed by atoms with van der Waals surface area (Å²) in [6.45, 7) is 0. The number of rotatable bonds is 6. The van der Waals surface area contributed by atoms with Crippen LogP contribution in [0.3, 0.4) is 0 Å². The van der Waals surface area contributed by atoms with E-state index in [4.69, 9.17) is 10.2 Å². The van der Waals surface area contributed by atoms with Gasteiger partial charge in [-0.25, -0.2) is 0 Å². The number of carbonyl (C=O) groups is 2. The Bertz CT molecular complexity index is 647. The number of benzene rings is 2. The smallest absolute Gasteiger partial charge is 0.307 e. The summed E-state index contributed by atoms with van der Waals surface area (Å²) in [6, 6.07) is 15.1. The predicted molar refractivity (Wildman–Crippen MR) is 79.2 cm³/mol. The zero-order valence-electron chi connectivity index (χ0n) is 11.5. The molecule has 0 atom stereocenters. The van der Waals surface area contributed by atoms with E-state index in [-0.39, 0.29) is 12.8 Å². The molecule has 0 amide bonds. The van der Waals surface area contributed by atoms with Gasteiger partial charge >= 0.3 is 11.9 Å². The lowest BCUT2D eigenvalue weighted by Gasteiger charge is -2.11. The monoisotopic (exact) mass is 284 g/mol. The minimum absolute atomic E-state index is 0.0242. The Morgan fingerprint density at radius 3 is 2.24 bits per heavy atom. The third kappa shape index (κ3) is 4.18. The van der Waals surface area contributed by atoms with E-state index in [1.54, 1.807) is 12.1 Å². The van der Waals surface area contributed by atoms with Gasteiger partial charge in [-0.15, -0.1) is 0 Å². The maximum atomic E-state index is 10.8. The van der Waals surface area contributed by atoms with Crippen molar-refractivity contribution in [1.29, 1.82) is 0 Å². The number of carboxylic acids is 2. The molecule has 0 bridgehead atoms. The molecular formula is C17H16O4. The maximum absolute atomic E-state index is 10.8. The first kappa shape index (κ1) is 14.8. The SMILES string of the molecule is O=C(O)CCc1cc(CC(=O)O)ccc1-c1ccccc1. The van der Waals surface area contributed by atoms with Gasteiger partial charge in [0.2, 0.25) is 0 Å². The van der Waals surface area contributed by atoms with E-state index < -0.39 is 11.9 Å². The van der Waals surface area contributed by atoms with Crippen molar-refractivity contribution in [2.24, 2.45) is 0 Å². The molecule has 4 nitrogen and oxygen atoms in total. The first-order chi connectivity index (χ1) is 10.1. The second-order valence-corrected chi connectivity index (χ2v) is 4.82. The van der Waals surface area contributed by atoms with Crippen LogP contribution in [0.4, 0.5) is 0 Å². The van der Waals surface area contributed by atoms with E-state index in [0.29, 0.717) is 12.0 Å². The molecule has 0 aliphatic carbocycles. The number of aliphatic carboxylic acids is 2. The minimum Gasteiger partial charge on any atom is -0.481 e. The maximum Gasteiger partial charge on any atom is 0.307 e. The van der Waals surface area contributed by atoms with Gasteiger partial charge in [0, 0.05) is 6.42 Å². The Kier molecular flexibility index (Phi) is 4.72. The van der Waals surface area contributed by atoms with Crippen LogP contribution in [0.5, 0.6) is 0 Å². The molecule has 4 heteroatoms. The molecule has 0 saturated heterocycles. The summed E-state index contributed by atoms with van der Waals surface area (Å²) < 4.78 is 0. The van der Waals surface area contributed by atoms with Crippen LogP contribution in [0.2, 0.25) is 0 Å². The van der Waals surface area contributed by atoms with Crippen molar-refractivity contribution >= 4 is 11.9 Å². The molecule has 0 radical (unpaired) electrons. The fraction of sp³-hybridized carbons (Fsp3) is 0.176. The average Bonchev–Trinajstić information content (AvgIpc) is 2.45. The van der Waals surface area contributed by atoms with Crippen molar-refractivity contribution < 1.29 is 19.8 Å². The first-order valence-corrected chi connectivity index (χ1v) is 6.67. The van der Waals surface area contributed by atoms with E-state index in [0.717, 1.165) is 16.7 Å². The second-order valence-electron chi connectivity index (χ2n) is 4.82. The molecule has 2 aromatic rings. The molecule has 0 fully saturated rings. The Morgan fingerprint density at radius 1 is 0.905 bits per heavy atom. The molecule has 0 spiro atoms. The Morgan fingerprint density at radius 2 is 1.62 bits per heavy atom. The molecule has 0 heterocycles. The summed E-state index contributed by atoms with van der Waals surface area (Å²) in [5.41, 5.74) is 3.50. The first-order valence-electron chi connectivity index (χ1n) is 6.67. The van der Waals surface area contributed by atoms with Crippen molar-refractivity contribution in [2.45, 2.75) is 19.3 Å². The third-order valence-corrected chi connectivity index (χ3v) is 3.22. The zero-order chi connectivity index (χ0) is 15.2. The van der Waals surface area contributed by atoms with Gasteiger partial charge < -0.3 is 10.2 Å². The number of carboxylic acid groups (broad SMARTS) is 2. The van der Waals surface area contributed by atoms with Gasteiger partial charge in [0.15, 0.2) is 0 Å². The van der Waals surface area contributed by atoms with Gasteiger partial charge in [0.05, 0.1) is 6.42 Å². The largest absolute Gasteiger partial charge is 0.481 e. The fourth-order valence-corrected chi connectivity index (χ4v) is 2.28. The highest BCUT2D eigenvalue weighted by Gasteiger charge is 2.10. The lowest BCUT2D eigenvalue weighted by molar-refractivity contribution is -0.137. The summed E-state index contributed by atoms with van der Waals surface area (Å²) >= 11 is 0. The summed E-state index contributed by atoms with van der Waals surface area (Å²) in [4.78, 5) is 21.6. The summed E-state index contributed by atoms with van der Waals surface area (Å²) in [7, 11) is 0. The van der Waals surface area contributed by atoms with Gasteiger partial charge in [-0.1, -0.05) is 48.5 Å². The molecule has 0 aromatic heterocycles. The number of hydrogen-bond donors (Lipinski definition) is 2. The van der Waals surface area contributed by atoms with Gasteiger partial charge in [-0.05, 0) is 28.7 Å². The molecule has 21 heavy (non-hydrogen) atoms. The molecule has 0 saturated carbocycles. The zero-order valence-corrected chi connectivity index (χ0v) is 11.5. The Balaban J connectivity index is 2.38. The quantitative estimate of drug-likeness (QED) is 0.855. The highest BCUT2D eigenvalue weighted by atomic mass is 16.4. The van der Waals surface area contributed by atoms with Crippen LogP contribution in [0.25, 0.3) is 11.1 Å². The van der Waals surface area contributed by atoms with Crippen LogP contribution < -0.4 is 0 Å². The van der Waals surface area contributed by atoms with Gasteiger partial charge in [0.1, 0.15) is 0 Å². The van der Waals surface area contributed by atoms with Crippen LogP contribution in [0.15, 0.2) is 48.5 Å². The lowest BCUT2D eigenvalue weighted by atomic mass is 9.94. The van der Waals surface area contributed by atoms with Gasteiger partial charge in [0.25, 0.3) is 0 Å². The van der Waals surface area contributed by atoms with Crippen molar-refractivity contribution in [3.8, 4) is 11.1 Å². The average molecular weight is 284 g/mol. The standard InChI is InChI=1S/C17H16O4/c18-16(19)9-7-14-10-12(11-17(20)21)6-8-15(14)13-4-2-1-3-5-13/h1-6,8,10H,7,9,11H2,(H,18,19)(H,20,21). The lowest BCUT2D eigenvalue weighted by Crippen LogP contribution is -2.03. The molecular weight excluding hydrogens is 268 g/mol. The molecule has 2 rings (SSSR count). The van der Waals surface area contributed by atoms with Crippen molar-refractivity contribution in [2.75, 3.05) is 0 Å². The predicted octanol–water partition coefficient (Wildman–Crippen LogP) is 3.00. The summed E-state index contributed by atoms with van der Waals surface area (Å²) in [6.07, 6.45) is 0.346. The molecule has 2 aromatic carbocycles. The topological polar surface area (TPSA) is 74.6 Å². The number of aryl methyl sites for hydroxylation is 1. The summed E-state index contributed by atoms with van der Waals surface area (Å²) in [5, 5.41) is 17.7. The summed E-state index contributed by atoms with van der Waals surface area (Å²) in [5.74, 6) is -1.76. The van der Waals surface area contributed by atoms with Gasteiger partial charge in [-0.3, -0.25) is 9.59 Å². The molecule has 0 unspecified atom stereocenters. The fourth-order valence-electron chi connectivity index (χ4n) is 2.28. The Hall–Kier alpha value is -2.62. The second kappa shape index (κ2) is 6.70. The van der Waals surface area contributed by atoms with E-state index in [2.05, 4.69) is 0 Å². The van der Waals surface area contributed by atoms with Gasteiger partial charge in [-0.2, -0.15) is 0 Å². The van der Waals surface area contributed by atoms with E-state index in [1.165, 1.54) is 0 Å². The molecule has 108 valence electrons. The van der Waals surface area contributed by atoms with E-state index >= 15 is 0 Å². The van der Waals surface area contributed by atoms with E-state index in [1.807, 2.05) is 36.4 Å². The Labute approximate surface area is 122 Å². The van der Waals surface area contributed by atoms with Crippen molar-refractivity contribution in [1.82, 2.24) is 0 Å². The molecule has 0 aliphatic heterocycles. The third-order valence-electron chi connectivity index (χ3n) is 3.22. The molecule has 2 N–H and O–H groups in total.